The van der Waals surface area contributed by atoms with Crippen LogP contribution in [0.25, 0.3) is 117 Å². The summed E-state index contributed by atoms with van der Waals surface area (Å²) in [6.07, 6.45) is 0. The SMILES string of the molecule is c1ccc(-c2nc(-c3ccccc3)nc(-c3cccc(-c4cccc(-c5ccc6c(c5)oc5cccc(-c7ccccc7-n7c8ccccc8c8ccccc87)c56)c4)c3)n2)cc1. The average Bonchev–Trinajstić information content (AvgIpc) is 3.90. The lowest BCUT2D eigenvalue weighted by Crippen LogP contribution is -2.00. The summed E-state index contributed by atoms with van der Waals surface area (Å²) in [6.45, 7) is 0. The molecule has 0 amide bonds. The van der Waals surface area contributed by atoms with Gasteiger partial charge in [0.15, 0.2) is 17.5 Å². The number of rotatable bonds is 7. The molecule has 3 aromatic heterocycles. The molecule has 0 N–H and O–H groups in total. The van der Waals surface area contributed by atoms with Gasteiger partial charge in [0.1, 0.15) is 11.2 Å². The Morgan fingerprint density at radius 1 is 0.306 bits per heavy atom. The Balaban J connectivity index is 0.924. The van der Waals surface area contributed by atoms with Crippen LogP contribution >= 0.6 is 0 Å². The van der Waals surface area contributed by atoms with Crippen LogP contribution in [-0.2, 0) is 0 Å². The van der Waals surface area contributed by atoms with Gasteiger partial charge >= 0.3 is 0 Å². The molecule has 0 saturated carbocycles. The Morgan fingerprint density at radius 2 is 0.774 bits per heavy atom. The van der Waals surface area contributed by atoms with E-state index in [1.165, 1.54) is 21.8 Å². The first-order valence-corrected chi connectivity index (χ1v) is 20.8. The molecular formula is C57H36N4O. The van der Waals surface area contributed by atoms with E-state index in [9.17, 15) is 0 Å². The van der Waals surface area contributed by atoms with Gasteiger partial charge in [-0.2, -0.15) is 0 Å². The monoisotopic (exact) mass is 792 g/mol. The Bertz CT molecular complexity index is 3530. The second kappa shape index (κ2) is 14.7. The van der Waals surface area contributed by atoms with Crippen LogP contribution in [0.2, 0.25) is 0 Å². The third-order valence-electron chi connectivity index (χ3n) is 11.9. The van der Waals surface area contributed by atoms with Crippen molar-refractivity contribution in [2.75, 3.05) is 0 Å². The maximum atomic E-state index is 6.68. The van der Waals surface area contributed by atoms with E-state index in [2.05, 4.69) is 162 Å². The summed E-state index contributed by atoms with van der Waals surface area (Å²) in [5.74, 6) is 1.91. The number of hydrogen-bond acceptors (Lipinski definition) is 4. The molecule has 12 rings (SSSR count). The minimum atomic E-state index is 0.628. The van der Waals surface area contributed by atoms with E-state index in [0.29, 0.717) is 17.5 Å². The van der Waals surface area contributed by atoms with Gasteiger partial charge in [-0.1, -0.05) is 170 Å². The van der Waals surface area contributed by atoms with Crippen LogP contribution < -0.4 is 0 Å². The normalized spacial score (nSPS) is 11.5. The van der Waals surface area contributed by atoms with Gasteiger partial charge < -0.3 is 8.98 Å². The quantitative estimate of drug-likeness (QED) is 0.161. The lowest BCUT2D eigenvalue weighted by atomic mass is 9.95. The summed E-state index contributed by atoms with van der Waals surface area (Å²) < 4.78 is 9.08. The number of benzene rings is 9. The van der Waals surface area contributed by atoms with Gasteiger partial charge in [-0.25, -0.2) is 15.0 Å². The lowest BCUT2D eigenvalue weighted by Gasteiger charge is -2.14. The number of aromatic nitrogens is 4. The van der Waals surface area contributed by atoms with Crippen molar-refractivity contribution in [2.24, 2.45) is 0 Å². The maximum Gasteiger partial charge on any atom is 0.164 e. The smallest absolute Gasteiger partial charge is 0.164 e. The molecule has 0 radical (unpaired) electrons. The minimum Gasteiger partial charge on any atom is -0.456 e. The van der Waals surface area contributed by atoms with Gasteiger partial charge in [0, 0.05) is 43.8 Å². The highest BCUT2D eigenvalue weighted by Crippen LogP contribution is 2.42. The molecule has 0 aliphatic carbocycles. The molecule has 5 nitrogen and oxygen atoms in total. The predicted octanol–water partition coefficient (Wildman–Crippen LogP) is 14.9. The van der Waals surface area contributed by atoms with E-state index in [-0.39, 0.29) is 0 Å². The van der Waals surface area contributed by atoms with Crippen LogP contribution in [-0.4, -0.2) is 19.5 Å². The fraction of sp³-hybridized carbons (Fsp3) is 0. The lowest BCUT2D eigenvalue weighted by molar-refractivity contribution is 0.669. The standard InChI is InChI=1S/C57H36N4O/c1-3-16-37(17-4-1)55-58-56(38-18-5-2-6-19-38)60-57(59-55)43-23-14-22-41(35-43)39-20-13-21-40(34-39)42-32-33-48-53(36-42)62-52-31-15-27-47(54(48)52)46-26-9-12-30-51(46)61-49-28-10-7-24-44(49)45-25-8-11-29-50(45)61/h1-36H. The predicted molar refractivity (Wildman–Crippen MR) is 254 cm³/mol. The molecule has 9 aromatic carbocycles. The third kappa shape index (κ3) is 6.06. The van der Waals surface area contributed by atoms with Crippen LogP contribution in [0.4, 0.5) is 0 Å². The van der Waals surface area contributed by atoms with Crippen molar-refractivity contribution < 1.29 is 4.42 Å². The highest BCUT2D eigenvalue weighted by atomic mass is 16.3. The summed E-state index contributed by atoms with van der Waals surface area (Å²) in [7, 11) is 0. The highest BCUT2D eigenvalue weighted by Gasteiger charge is 2.19. The summed E-state index contributed by atoms with van der Waals surface area (Å²) in [5.41, 5.74) is 14.7. The van der Waals surface area contributed by atoms with E-state index in [4.69, 9.17) is 19.4 Å². The molecule has 0 aliphatic heterocycles. The van der Waals surface area contributed by atoms with Crippen molar-refractivity contribution in [3.8, 4) is 73.2 Å². The fourth-order valence-corrected chi connectivity index (χ4v) is 8.96. The van der Waals surface area contributed by atoms with Crippen LogP contribution in [0.1, 0.15) is 0 Å². The van der Waals surface area contributed by atoms with Crippen molar-refractivity contribution in [1.29, 1.82) is 0 Å². The second-order valence-electron chi connectivity index (χ2n) is 15.6. The molecule has 62 heavy (non-hydrogen) atoms. The summed E-state index contributed by atoms with van der Waals surface area (Å²) >= 11 is 0. The van der Waals surface area contributed by atoms with Crippen molar-refractivity contribution in [2.45, 2.75) is 0 Å². The van der Waals surface area contributed by atoms with Gasteiger partial charge in [-0.05, 0) is 76.3 Å². The van der Waals surface area contributed by atoms with E-state index in [1.807, 2.05) is 60.7 Å². The molecule has 0 unspecified atom stereocenters. The fourth-order valence-electron chi connectivity index (χ4n) is 8.96. The zero-order chi connectivity index (χ0) is 41.0. The zero-order valence-electron chi connectivity index (χ0n) is 33.5. The molecule has 290 valence electrons. The Morgan fingerprint density at radius 3 is 1.42 bits per heavy atom. The number of furan rings is 1. The minimum absolute atomic E-state index is 0.628. The molecule has 5 heteroatoms. The van der Waals surface area contributed by atoms with Gasteiger partial charge in [0.25, 0.3) is 0 Å². The Labute approximate surface area is 357 Å². The summed E-state index contributed by atoms with van der Waals surface area (Å²) in [6, 6.07) is 76.3. The maximum absolute atomic E-state index is 6.68. The topological polar surface area (TPSA) is 56.7 Å². The molecule has 0 aliphatic rings. The van der Waals surface area contributed by atoms with E-state index < -0.39 is 0 Å². The van der Waals surface area contributed by atoms with Crippen LogP contribution in [0.15, 0.2) is 223 Å². The first-order valence-electron chi connectivity index (χ1n) is 20.8. The average molecular weight is 793 g/mol. The molecule has 0 spiro atoms. The highest BCUT2D eigenvalue weighted by molar-refractivity contribution is 6.15. The van der Waals surface area contributed by atoms with Gasteiger partial charge in [-0.3, -0.25) is 0 Å². The van der Waals surface area contributed by atoms with Crippen molar-refractivity contribution >= 4 is 43.7 Å². The van der Waals surface area contributed by atoms with E-state index in [1.54, 1.807) is 0 Å². The molecular weight excluding hydrogens is 757 g/mol. The van der Waals surface area contributed by atoms with Crippen LogP contribution in [0.3, 0.4) is 0 Å². The zero-order valence-corrected chi connectivity index (χ0v) is 33.5. The molecule has 0 bridgehead atoms. The number of fused-ring (bicyclic) bond motifs is 6. The Kier molecular flexibility index (Phi) is 8.42. The number of hydrogen-bond donors (Lipinski definition) is 0. The molecule has 0 atom stereocenters. The number of nitrogens with zero attached hydrogens (tertiary/aromatic N) is 4. The van der Waals surface area contributed by atoms with Crippen molar-refractivity contribution in [3.05, 3.63) is 218 Å². The van der Waals surface area contributed by atoms with E-state index in [0.717, 1.165) is 77.7 Å². The first-order chi connectivity index (χ1) is 30.7. The molecule has 12 aromatic rings. The molecule has 0 fully saturated rings. The Hall–Kier alpha value is -8.41. The van der Waals surface area contributed by atoms with Crippen molar-refractivity contribution in [3.63, 3.8) is 0 Å². The van der Waals surface area contributed by atoms with Gasteiger partial charge in [0.2, 0.25) is 0 Å². The number of para-hydroxylation sites is 3. The summed E-state index contributed by atoms with van der Waals surface area (Å²) in [5, 5.41) is 4.68. The second-order valence-corrected chi connectivity index (χ2v) is 15.6. The molecule has 0 saturated heterocycles. The largest absolute Gasteiger partial charge is 0.456 e. The van der Waals surface area contributed by atoms with Crippen LogP contribution in [0.5, 0.6) is 0 Å². The van der Waals surface area contributed by atoms with Crippen LogP contribution in [0, 0.1) is 0 Å². The van der Waals surface area contributed by atoms with Gasteiger partial charge in [-0.15, -0.1) is 0 Å². The third-order valence-corrected chi connectivity index (χ3v) is 11.9. The molecule has 3 heterocycles. The summed E-state index contributed by atoms with van der Waals surface area (Å²) in [4.78, 5) is 14.8. The van der Waals surface area contributed by atoms with E-state index >= 15 is 0 Å². The first kappa shape index (κ1) is 35.5. The van der Waals surface area contributed by atoms with Gasteiger partial charge in [0.05, 0.1) is 16.7 Å². The van der Waals surface area contributed by atoms with Crippen molar-refractivity contribution in [1.82, 2.24) is 19.5 Å².